The summed E-state index contributed by atoms with van der Waals surface area (Å²) < 4.78 is 0.797. The van der Waals surface area contributed by atoms with Crippen LogP contribution in [0.3, 0.4) is 0 Å². The number of carbonyl (C=O) groups excluding carboxylic acids is 1. The first kappa shape index (κ1) is 19.1. The van der Waals surface area contributed by atoms with E-state index in [0.717, 1.165) is 15.0 Å². The van der Waals surface area contributed by atoms with E-state index in [4.69, 9.17) is 0 Å². The van der Waals surface area contributed by atoms with Crippen LogP contribution in [0, 0.1) is 17.4 Å². The largest absolute Gasteiger partial charge is 0.478 e. The number of hydrogen-bond donors (Lipinski definition) is 3. The molecule has 1 aromatic carbocycles. The van der Waals surface area contributed by atoms with Crippen LogP contribution < -0.4 is 10.6 Å². The highest BCUT2D eigenvalue weighted by atomic mass is 127. The molecule has 0 saturated heterocycles. The Morgan fingerprint density at radius 3 is 2.48 bits per heavy atom. The van der Waals surface area contributed by atoms with E-state index < -0.39 is 5.97 Å². The number of nitrogens with one attached hydrogen (secondary N) is 2. The summed E-state index contributed by atoms with van der Waals surface area (Å²) in [6.45, 7) is 4.34. The molecule has 7 nitrogen and oxygen atoms in total. The highest BCUT2D eigenvalue weighted by Crippen LogP contribution is 2.19. The second-order valence-corrected chi connectivity index (χ2v) is 6.79. The first-order valence-corrected chi connectivity index (χ1v) is 8.82. The molecule has 25 heavy (non-hydrogen) atoms. The number of carboxylic acid groups (broad SMARTS) is 1. The van der Waals surface area contributed by atoms with Gasteiger partial charge in [0.2, 0.25) is 11.9 Å². The van der Waals surface area contributed by atoms with E-state index in [9.17, 15) is 14.7 Å². The predicted molar refractivity (Wildman–Crippen MR) is 104 cm³/mol. The molecule has 2 aromatic rings. The average Bonchev–Trinajstić information content (AvgIpc) is 2.52. The fourth-order valence-electron chi connectivity index (χ4n) is 2.27. The van der Waals surface area contributed by atoms with Gasteiger partial charge >= 0.3 is 5.97 Å². The molecule has 1 heterocycles. The first-order chi connectivity index (χ1) is 11.8. The summed E-state index contributed by atoms with van der Waals surface area (Å²) in [6, 6.07) is 6.77. The summed E-state index contributed by atoms with van der Waals surface area (Å²) in [5, 5.41) is 14.9. The highest BCUT2D eigenvalue weighted by molar-refractivity contribution is 14.1. The Hall–Kier alpha value is -2.23. The van der Waals surface area contributed by atoms with Gasteiger partial charge in [-0.05, 0) is 67.1 Å². The second kappa shape index (κ2) is 8.75. The molecule has 1 amide bonds. The van der Waals surface area contributed by atoms with Gasteiger partial charge in [0.15, 0.2) is 0 Å². The third-order valence-electron chi connectivity index (χ3n) is 3.33. The molecular formula is C17H19IN4O3. The lowest BCUT2D eigenvalue weighted by Gasteiger charge is -2.09. The van der Waals surface area contributed by atoms with Crippen molar-refractivity contribution in [3.63, 3.8) is 0 Å². The summed E-state index contributed by atoms with van der Waals surface area (Å²) in [6.07, 6.45) is 0.845. The third kappa shape index (κ3) is 5.96. The molecule has 132 valence electrons. The van der Waals surface area contributed by atoms with Crippen molar-refractivity contribution in [2.24, 2.45) is 0 Å². The lowest BCUT2D eigenvalue weighted by Crippen LogP contribution is -2.16. The molecule has 0 atom stereocenters. The number of rotatable bonds is 7. The number of amides is 1. The Labute approximate surface area is 159 Å². The van der Waals surface area contributed by atoms with E-state index in [1.165, 1.54) is 6.07 Å². The van der Waals surface area contributed by atoms with Gasteiger partial charge in [-0.15, -0.1) is 0 Å². The molecule has 0 aliphatic rings. The number of carboxylic acids is 1. The summed E-state index contributed by atoms with van der Waals surface area (Å²) in [7, 11) is 0. The molecule has 0 saturated carbocycles. The molecule has 0 fully saturated rings. The molecule has 0 aliphatic heterocycles. The van der Waals surface area contributed by atoms with E-state index in [-0.39, 0.29) is 17.9 Å². The summed E-state index contributed by atoms with van der Waals surface area (Å²) in [4.78, 5) is 31.8. The van der Waals surface area contributed by atoms with Crippen LogP contribution in [0.2, 0.25) is 0 Å². The number of benzene rings is 1. The van der Waals surface area contributed by atoms with Gasteiger partial charge in [0.05, 0.1) is 11.3 Å². The van der Waals surface area contributed by atoms with Crippen LogP contribution in [-0.4, -0.2) is 33.5 Å². The minimum atomic E-state index is -1.07. The Bertz CT molecular complexity index is 775. The maximum atomic E-state index is 12.0. The minimum Gasteiger partial charge on any atom is -0.478 e. The molecular weight excluding hydrogens is 435 g/mol. The molecule has 1 aromatic heterocycles. The van der Waals surface area contributed by atoms with Gasteiger partial charge in [-0.3, -0.25) is 4.79 Å². The Kier molecular flexibility index (Phi) is 6.68. The average molecular weight is 454 g/mol. The van der Waals surface area contributed by atoms with Gasteiger partial charge in [0, 0.05) is 27.9 Å². The van der Waals surface area contributed by atoms with E-state index in [2.05, 4.69) is 20.6 Å². The second-order valence-electron chi connectivity index (χ2n) is 5.55. The van der Waals surface area contributed by atoms with Crippen molar-refractivity contribution in [2.75, 3.05) is 17.2 Å². The topological polar surface area (TPSA) is 104 Å². The van der Waals surface area contributed by atoms with Crippen molar-refractivity contribution in [1.29, 1.82) is 0 Å². The minimum absolute atomic E-state index is 0.0852. The maximum Gasteiger partial charge on any atom is 0.337 e. The standard InChI is InChI=1S/C17H19IN4O3/c1-10-8-11(2)21-17(20-10)19-7-3-4-15(23)22-14-6-5-12(18)9-13(14)16(24)25/h5-6,8-9H,3-4,7H2,1-2H3,(H,22,23)(H,24,25)(H,19,20,21). The van der Waals surface area contributed by atoms with Gasteiger partial charge in [0.1, 0.15) is 0 Å². The van der Waals surface area contributed by atoms with Gasteiger partial charge in [-0.1, -0.05) is 0 Å². The van der Waals surface area contributed by atoms with Crippen LogP contribution in [0.1, 0.15) is 34.6 Å². The van der Waals surface area contributed by atoms with E-state index in [1.807, 2.05) is 42.5 Å². The Balaban J connectivity index is 1.84. The fraction of sp³-hybridized carbons (Fsp3) is 0.294. The van der Waals surface area contributed by atoms with E-state index >= 15 is 0 Å². The monoisotopic (exact) mass is 454 g/mol. The van der Waals surface area contributed by atoms with Crippen LogP contribution >= 0.6 is 22.6 Å². The van der Waals surface area contributed by atoms with Gasteiger partial charge in [-0.25, -0.2) is 14.8 Å². The van der Waals surface area contributed by atoms with Gasteiger partial charge < -0.3 is 15.7 Å². The van der Waals surface area contributed by atoms with Crippen molar-refractivity contribution < 1.29 is 14.7 Å². The predicted octanol–water partition coefficient (Wildman–Crippen LogP) is 3.23. The molecule has 3 N–H and O–H groups in total. The fourth-order valence-corrected chi connectivity index (χ4v) is 2.76. The number of aromatic nitrogens is 2. The lowest BCUT2D eigenvalue weighted by atomic mass is 10.1. The molecule has 0 unspecified atom stereocenters. The van der Waals surface area contributed by atoms with Crippen molar-refractivity contribution in [1.82, 2.24) is 9.97 Å². The maximum absolute atomic E-state index is 12.0. The van der Waals surface area contributed by atoms with Crippen LogP contribution in [-0.2, 0) is 4.79 Å². The summed E-state index contributed by atoms with van der Waals surface area (Å²) in [5.74, 6) is -0.752. The number of halogens is 1. The zero-order chi connectivity index (χ0) is 18.4. The first-order valence-electron chi connectivity index (χ1n) is 7.74. The van der Waals surface area contributed by atoms with Crippen molar-refractivity contribution in [3.05, 3.63) is 44.8 Å². The van der Waals surface area contributed by atoms with Crippen LogP contribution in [0.25, 0.3) is 0 Å². The molecule has 0 radical (unpaired) electrons. The van der Waals surface area contributed by atoms with Gasteiger partial charge in [-0.2, -0.15) is 0 Å². The van der Waals surface area contributed by atoms with Crippen molar-refractivity contribution in [2.45, 2.75) is 26.7 Å². The Morgan fingerprint density at radius 2 is 1.84 bits per heavy atom. The third-order valence-corrected chi connectivity index (χ3v) is 4.00. The van der Waals surface area contributed by atoms with Crippen molar-refractivity contribution >= 4 is 46.1 Å². The van der Waals surface area contributed by atoms with E-state index in [0.29, 0.717) is 24.6 Å². The Morgan fingerprint density at radius 1 is 1.16 bits per heavy atom. The number of nitrogens with zero attached hydrogens (tertiary/aromatic N) is 2. The zero-order valence-electron chi connectivity index (χ0n) is 14.0. The number of anilines is 2. The molecule has 0 bridgehead atoms. The number of carbonyl (C=O) groups is 2. The molecule has 2 rings (SSSR count). The molecule has 0 aliphatic carbocycles. The summed E-state index contributed by atoms with van der Waals surface area (Å²) >= 11 is 2.03. The zero-order valence-corrected chi connectivity index (χ0v) is 16.1. The number of aromatic carboxylic acids is 1. The number of aryl methyl sites for hydroxylation is 2. The lowest BCUT2D eigenvalue weighted by molar-refractivity contribution is -0.116. The highest BCUT2D eigenvalue weighted by Gasteiger charge is 2.13. The van der Waals surface area contributed by atoms with E-state index in [1.54, 1.807) is 12.1 Å². The van der Waals surface area contributed by atoms with Gasteiger partial charge in [0.25, 0.3) is 0 Å². The van der Waals surface area contributed by atoms with Crippen LogP contribution in [0.5, 0.6) is 0 Å². The van der Waals surface area contributed by atoms with Crippen molar-refractivity contribution in [3.8, 4) is 0 Å². The smallest absolute Gasteiger partial charge is 0.337 e. The molecule has 8 heteroatoms. The SMILES string of the molecule is Cc1cc(C)nc(NCCCC(=O)Nc2ccc(I)cc2C(=O)O)n1. The quantitative estimate of drug-likeness (QED) is 0.439. The number of hydrogen-bond acceptors (Lipinski definition) is 5. The normalized spacial score (nSPS) is 10.4. The summed E-state index contributed by atoms with van der Waals surface area (Å²) in [5.41, 5.74) is 2.16. The van der Waals surface area contributed by atoms with Crippen LogP contribution in [0.15, 0.2) is 24.3 Å². The molecule has 0 spiro atoms. The van der Waals surface area contributed by atoms with Crippen LogP contribution in [0.4, 0.5) is 11.6 Å².